The van der Waals surface area contributed by atoms with Crippen LogP contribution in [0.15, 0.2) is 30.3 Å². The van der Waals surface area contributed by atoms with Crippen LogP contribution < -0.4 is 5.73 Å². The van der Waals surface area contributed by atoms with E-state index in [0.717, 1.165) is 5.56 Å². The zero-order valence-electron chi connectivity index (χ0n) is 8.60. The van der Waals surface area contributed by atoms with E-state index in [9.17, 15) is 4.79 Å². The summed E-state index contributed by atoms with van der Waals surface area (Å²) in [5, 5.41) is 8.66. The van der Waals surface area contributed by atoms with Gasteiger partial charge in [0.2, 0.25) is 0 Å². The van der Waals surface area contributed by atoms with E-state index in [-0.39, 0.29) is 18.4 Å². The van der Waals surface area contributed by atoms with Crippen LogP contribution in [-0.4, -0.2) is 17.5 Å². The molecule has 78 valence electrons. The van der Waals surface area contributed by atoms with Gasteiger partial charge in [-0.2, -0.15) is 0 Å². The molecule has 1 rings (SSSR count). The first-order valence-electron chi connectivity index (χ1n) is 4.46. The Kier molecular flexibility index (Phi) is 6.62. The summed E-state index contributed by atoms with van der Waals surface area (Å²) < 4.78 is 0. The van der Waals surface area contributed by atoms with Crippen molar-refractivity contribution in [3.8, 4) is 0 Å². The highest BCUT2D eigenvalue weighted by Gasteiger charge is 2.00. The third-order valence-electron chi connectivity index (χ3n) is 1.42. The van der Waals surface area contributed by atoms with Gasteiger partial charge in [-0.3, -0.25) is 0 Å². The van der Waals surface area contributed by atoms with Crippen molar-refractivity contribution in [1.82, 2.24) is 0 Å². The predicted molar refractivity (Wildman–Crippen MR) is 56.8 cm³/mol. The molecule has 0 saturated heterocycles. The summed E-state index contributed by atoms with van der Waals surface area (Å²) in [6, 6.07) is 9.31. The lowest BCUT2D eigenvalue weighted by Crippen LogP contribution is -2.13. The lowest BCUT2D eigenvalue weighted by atomic mass is 10.1. The van der Waals surface area contributed by atoms with Crippen molar-refractivity contribution in [1.29, 1.82) is 0 Å². The van der Waals surface area contributed by atoms with Gasteiger partial charge >= 0.3 is 0 Å². The number of aliphatic hydroxyl groups is 1. The average molecular weight is 195 g/mol. The Morgan fingerprint density at radius 2 is 1.79 bits per heavy atom. The van der Waals surface area contributed by atoms with Crippen molar-refractivity contribution in [3.63, 3.8) is 0 Å². The van der Waals surface area contributed by atoms with Crippen LogP contribution in [0, 0.1) is 0 Å². The van der Waals surface area contributed by atoms with Gasteiger partial charge in [0.05, 0.1) is 12.6 Å². The second-order valence-electron chi connectivity index (χ2n) is 3.11. The number of aliphatic hydroxyl groups excluding tert-OH is 1. The van der Waals surface area contributed by atoms with Crippen LogP contribution in [0.25, 0.3) is 0 Å². The largest absolute Gasteiger partial charge is 0.394 e. The molecule has 3 nitrogen and oxygen atoms in total. The first-order chi connectivity index (χ1) is 6.57. The highest BCUT2D eigenvalue weighted by molar-refractivity contribution is 5.72. The maximum atomic E-state index is 9.44. The molecule has 1 atom stereocenters. The SMILES string of the molecule is CC(C)=O.N[C@@H](CO)c1ccccc1. The number of nitrogens with two attached hydrogens (primary N) is 1. The molecule has 0 fully saturated rings. The van der Waals surface area contributed by atoms with E-state index in [1.165, 1.54) is 13.8 Å². The summed E-state index contributed by atoms with van der Waals surface area (Å²) in [5.41, 5.74) is 6.52. The number of carbonyl (C=O) groups excluding carboxylic acids is 1. The number of hydrogen-bond donors (Lipinski definition) is 2. The van der Waals surface area contributed by atoms with Crippen molar-refractivity contribution in [3.05, 3.63) is 35.9 Å². The smallest absolute Gasteiger partial charge is 0.126 e. The van der Waals surface area contributed by atoms with E-state index in [1.807, 2.05) is 30.3 Å². The van der Waals surface area contributed by atoms with Gasteiger partial charge in [-0.25, -0.2) is 0 Å². The number of hydrogen-bond acceptors (Lipinski definition) is 3. The lowest BCUT2D eigenvalue weighted by Gasteiger charge is -2.06. The molecule has 3 N–H and O–H groups in total. The zero-order chi connectivity index (χ0) is 11.0. The summed E-state index contributed by atoms with van der Waals surface area (Å²) in [6.07, 6.45) is 0. The third kappa shape index (κ3) is 6.34. The standard InChI is InChI=1S/C8H11NO.C3H6O/c9-8(6-10)7-4-2-1-3-5-7;1-3(2)4/h1-5,8,10H,6,9H2;1-2H3/t8-;/m0./s1. The van der Waals surface area contributed by atoms with E-state index in [1.54, 1.807) is 0 Å². The van der Waals surface area contributed by atoms with Gasteiger partial charge in [-0.15, -0.1) is 0 Å². The minimum atomic E-state index is -0.235. The van der Waals surface area contributed by atoms with Gasteiger partial charge in [0.1, 0.15) is 5.78 Å². The van der Waals surface area contributed by atoms with Crippen LogP contribution in [0.2, 0.25) is 0 Å². The van der Waals surface area contributed by atoms with Crippen LogP contribution in [0.5, 0.6) is 0 Å². The Hall–Kier alpha value is -1.19. The second kappa shape index (κ2) is 7.24. The van der Waals surface area contributed by atoms with Gasteiger partial charge in [0.25, 0.3) is 0 Å². The molecule has 0 aromatic heterocycles. The topological polar surface area (TPSA) is 63.3 Å². The van der Waals surface area contributed by atoms with Gasteiger partial charge in [0.15, 0.2) is 0 Å². The molecule has 0 amide bonds. The van der Waals surface area contributed by atoms with Crippen molar-refractivity contribution >= 4 is 5.78 Å². The fourth-order valence-corrected chi connectivity index (χ4v) is 0.806. The number of carbonyl (C=O) groups is 1. The molecule has 0 radical (unpaired) electrons. The monoisotopic (exact) mass is 195 g/mol. The van der Waals surface area contributed by atoms with Crippen LogP contribution in [-0.2, 0) is 4.79 Å². The summed E-state index contributed by atoms with van der Waals surface area (Å²) in [7, 11) is 0. The fourth-order valence-electron chi connectivity index (χ4n) is 0.806. The van der Waals surface area contributed by atoms with Crippen LogP contribution in [0.1, 0.15) is 25.5 Å². The third-order valence-corrected chi connectivity index (χ3v) is 1.42. The maximum Gasteiger partial charge on any atom is 0.126 e. The molecular formula is C11H17NO2. The zero-order valence-corrected chi connectivity index (χ0v) is 8.60. The molecule has 0 saturated carbocycles. The molecular weight excluding hydrogens is 178 g/mol. The van der Waals surface area contributed by atoms with E-state index in [2.05, 4.69) is 0 Å². The molecule has 3 heteroatoms. The molecule has 1 aromatic rings. The van der Waals surface area contributed by atoms with Gasteiger partial charge < -0.3 is 15.6 Å². The van der Waals surface area contributed by atoms with Crippen LogP contribution in [0.4, 0.5) is 0 Å². The normalized spacial score (nSPS) is 11.1. The summed E-state index contributed by atoms with van der Waals surface area (Å²) >= 11 is 0. The molecule has 1 aromatic carbocycles. The Morgan fingerprint density at radius 1 is 1.36 bits per heavy atom. The predicted octanol–water partition coefficient (Wildman–Crippen LogP) is 1.27. The van der Waals surface area contributed by atoms with Crippen molar-refractivity contribution in [2.45, 2.75) is 19.9 Å². The molecule has 14 heavy (non-hydrogen) atoms. The minimum Gasteiger partial charge on any atom is -0.394 e. The number of benzene rings is 1. The summed E-state index contributed by atoms with van der Waals surface area (Å²) in [4.78, 5) is 9.44. The molecule has 0 aliphatic rings. The lowest BCUT2D eigenvalue weighted by molar-refractivity contribution is -0.114. The molecule has 0 unspecified atom stereocenters. The number of Topliss-reactive ketones (excluding diaryl/α,β-unsaturated/α-hetero) is 1. The second-order valence-corrected chi connectivity index (χ2v) is 3.11. The Balaban J connectivity index is 0.000000364. The molecule has 0 aliphatic carbocycles. The Morgan fingerprint density at radius 3 is 2.14 bits per heavy atom. The van der Waals surface area contributed by atoms with E-state index >= 15 is 0 Å². The minimum absolute atomic E-state index is 0.00398. The van der Waals surface area contributed by atoms with E-state index < -0.39 is 0 Å². The summed E-state index contributed by atoms with van der Waals surface area (Å²) in [5.74, 6) is 0.167. The maximum absolute atomic E-state index is 9.44. The summed E-state index contributed by atoms with van der Waals surface area (Å²) in [6.45, 7) is 3.06. The van der Waals surface area contributed by atoms with Crippen molar-refractivity contribution < 1.29 is 9.90 Å². The van der Waals surface area contributed by atoms with Crippen molar-refractivity contribution in [2.24, 2.45) is 5.73 Å². The van der Waals surface area contributed by atoms with Crippen LogP contribution >= 0.6 is 0 Å². The highest BCUT2D eigenvalue weighted by atomic mass is 16.3. The molecule has 0 spiro atoms. The number of ketones is 1. The van der Waals surface area contributed by atoms with Crippen LogP contribution in [0.3, 0.4) is 0 Å². The molecule has 0 aliphatic heterocycles. The van der Waals surface area contributed by atoms with Crippen molar-refractivity contribution in [2.75, 3.05) is 6.61 Å². The van der Waals surface area contributed by atoms with E-state index in [0.29, 0.717) is 0 Å². The fraction of sp³-hybridized carbons (Fsp3) is 0.364. The first-order valence-corrected chi connectivity index (χ1v) is 4.46. The van der Waals surface area contributed by atoms with Gasteiger partial charge in [-0.05, 0) is 19.4 Å². The Bertz CT molecular complexity index is 255. The van der Waals surface area contributed by atoms with Gasteiger partial charge in [-0.1, -0.05) is 30.3 Å². The van der Waals surface area contributed by atoms with E-state index in [4.69, 9.17) is 10.8 Å². The van der Waals surface area contributed by atoms with Gasteiger partial charge in [0, 0.05) is 0 Å². The first kappa shape index (κ1) is 12.8. The quantitative estimate of drug-likeness (QED) is 0.747. The Labute approximate surface area is 84.6 Å². The molecule has 0 bridgehead atoms. The highest BCUT2D eigenvalue weighted by Crippen LogP contribution is 2.06. The number of rotatable bonds is 2. The average Bonchev–Trinajstić information content (AvgIpc) is 2.17. The molecule has 0 heterocycles.